The highest BCUT2D eigenvalue weighted by Crippen LogP contribution is 2.34. The Balaban J connectivity index is 1.51. The highest BCUT2D eigenvalue weighted by molar-refractivity contribution is 5.69. The molecular weight excluding hydrogens is 484 g/mol. The number of carbonyl (C=O) groups is 1. The average Bonchev–Trinajstić information content (AvgIpc) is 2.88. The second-order valence-electron chi connectivity index (χ2n) is 9.46. The number of carbonyl (C=O) groups excluding carboxylic acids is 1. The fourth-order valence-corrected chi connectivity index (χ4v) is 4.48. The Morgan fingerprint density at radius 3 is 2.68 bits per heavy atom. The highest BCUT2D eigenvalue weighted by Gasteiger charge is 2.45. The van der Waals surface area contributed by atoms with E-state index >= 15 is 4.39 Å². The minimum Gasteiger partial charge on any atom is -0.471 e. The fraction of sp³-hybridized carbons (Fsp3) is 0.462. The molecule has 0 spiro atoms. The summed E-state index contributed by atoms with van der Waals surface area (Å²) in [6.45, 7) is 10.2. The third kappa shape index (κ3) is 5.34. The lowest BCUT2D eigenvalue weighted by Crippen LogP contribution is -2.59. The minimum atomic E-state index is -0.848. The number of hydrogen-bond donors (Lipinski definition) is 1. The summed E-state index contributed by atoms with van der Waals surface area (Å²) in [5.74, 6) is -2.32. The lowest BCUT2D eigenvalue weighted by atomic mass is 9.84. The number of fused-ring (bicyclic) bond motifs is 2. The topological polar surface area (TPSA) is 110 Å². The van der Waals surface area contributed by atoms with Crippen molar-refractivity contribution in [2.45, 2.75) is 38.9 Å². The number of ether oxygens (including phenoxy) is 3. The molecule has 3 atom stereocenters. The first-order chi connectivity index (χ1) is 17.7. The van der Waals surface area contributed by atoms with Crippen molar-refractivity contribution in [3.05, 3.63) is 53.9 Å². The van der Waals surface area contributed by atoms with E-state index in [4.69, 9.17) is 14.2 Å². The van der Waals surface area contributed by atoms with E-state index in [-0.39, 0.29) is 40.3 Å². The van der Waals surface area contributed by atoms with E-state index in [1.54, 1.807) is 17.9 Å². The van der Waals surface area contributed by atoms with Gasteiger partial charge in [0.15, 0.2) is 5.82 Å². The molecule has 2 fully saturated rings. The summed E-state index contributed by atoms with van der Waals surface area (Å²) in [5.41, 5.74) is -0.371. The van der Waals surface area contributed by atoms with Crippen LogP contribution in [-0.2, 0) is 9.47 Å². The number of rotatable bonds is 7. The van der Waals surface area contributed by atoms with Gasteiger partial charge in [0, 0.05) is 30.5 Å². The van der Waals surface area contributed by atoms with Crippen LogP contribution in [0.1, 0.15) is 31.4 Å². The van der Waals surface area contributed by atoms with Gasteiger partial charge in [-0.3, -0.25) is 0 Å². The van der Waals surface area contributed by atoms with Gasteiger partial charge in [0.05, 0.1) is 24.5 Å². The summed E-state index contributed by atoms with van der Waals surface area (Å²) >= 11 is 0. The van der Waals surface area contributed by atoms with Crippen molar-refractivity contribution in [3.63, 3.8) is 0 Å². The van der Waals surface area contributed by atoms with E-state index in [1.807, 2.05) is 13.0 Å². The summed E-state index contributed by atoms with van der Waals surface area (Å²) in [6, 6.07) is 4.46. The third-order valence-electron chi connectivity index (χ3n) is 6.98. The summed E-state index contributed by atoms with van der Waals surface area (Å²) in [4.78, 5) is 22.4. The molecule has 0 radical (unpaired) electrons. The van der Waals surface area contributed by atoms with Gasteiger partial charge in [0.25, 0.3) is 5.88 Å². The Labute approximate surface area is 214 Å². The molecule has 3 heterocycles. The van der Waals surface area contributed by atoms with Gasteiger partial charge in [-0.15, -0.1) is 0 Å². The second kappa shape index (κ2) is 10.7. The molecule has 9 nitrogen and oxygen atoms in total. The van der Waals surface area contributed by atoms with Gasteiger partial charge < -0.3 is 24.4 Å². The Morgan fingerprint density at radius 2 is 2.05 bits per heavy atom. The molecule has 1 aromatic heterocycles. The Morgan fingerprint density at radius 1 is 1.35 bits per heavy atom. The number of aromatic nitrogens is 2. The molecule has 2 aliphatic heterocycles. The molecule has 0 saturated carbocycles. The average molecular weight is 514 g/mol. The van der Waals surface area contributed by atoms with Crippen molar-refractivity contribution < 1.29 is 27.8 Å². The Bertz CT molecular complexity index is 1220. The quantitative estimate of drug-likeness (QED) is 0.539. The number of hydrogen-bond acceptors (Lipinski definition) is 8. The number of likely N-dealkylation sites (tertiary alicyclic amines) is 1. The molecule has 4 rings (SSSR count). The standard InChI is InChI=1S/C26H29F2N5O4/c1-5-26(4,6-2)37-25(34)33-10-16-12-35-13-17(11-33)22(16)36-24-21(28)23(30-14-31-24)32-20-8-7-19(27)15(3)18(20)9-29/h5,7-8,14,16-17,22H,1,6,10-13H2,2-4H3,(H,30,31,32). The van der Waals surface area contributed by atoms with E-state index in [2.05, 4.69) is 21.9 Å². The number of benzene rings is 1. The van der Waals surface area contributed by atoms with Crippen LogP contribution in [0.4, 0.5) is 25.1 Å². The van der Waals surface area contributed by atoms with Crippen LogP contribution in [0.3, 0.4) is 0 Å². The van der Waals surface area contributed by atoms with Gasteiger partial charge in [-0.05, 0) is 38.5 Å². The molecule has 2 bridgehead atoms. The fourth-order valence-electron chi connectivity index (χ4n) is 4.48. The number of anilines is 2. The van der Waals surface area contributed by atoms with Crippen LogP contribution >= 0.6 is 0 Å². The number of halogens is 2. The number of nitriles is 1. The zero-order valence-electron chi connectivity index (χ0n) is 21.0. The number of piperidine rings is 1. The molecule has 2 saturated heterocycles. The van der Waals surface area contributed by atoms with Crippen molar-refractivity contribution in [2.24, 2.45) is 11.8 Å². The summed E-state index contributed by atoms with van der Waals surface area (Å²) in [7, 11) is 0. The number of nitrogens with one attached hydrogen (secondary N) is 1. The molecule has 1 N–H and O–H groups in total. The molecule has 1 aromatic carbocycles. The van der Waals surface area contributed by atoms with E-state index in [0.717, 1.165) is 6.33 Å². The largest absolute Gasteiger partial charge is 0.471 e. The SMILES string of the molecule is C=CC(C)(CC)OC(=O)N1CC2COCC(C1)C2Oc1ncnc(Nc2ccc(F)c(C)c2C#N)c1F. The predicted molar refractivity (Wildman–Crippen MR) is 130 cm³/mol. The van der Waals surface area contributed by atoms with Crippen molar-refractivity contribution in [2.75, 3.05) is 31.6 Å². The first-order valence-electron chi connectivity index (χ1n) is 12.0. The maximum atomic E-state index is 15.4. The normalized spacial score (nSPS) is 22.4. The first-order valence-corrected chi connectivity index (χ1v) is 12.0. The Hall–Kier alpha value is -3.78. The van der Waals surface area contributed by atoms with Crippen molar-refractivity contribution >= 4 is 17.6 Å². The van der Waals surface area contributed by atoms with Crippen molar-refractivity contribution in [1.29, 1.82) is 5.26 Å². The molecule has 11 heteroatoms. The van der Waals surface area contributed by atoms with Crippen LogP contribution in [-0.4, -0.2) is 59.0 Å². The first kappa shape index (κ1) is 26.3. The lowest BCUT2D eigenvalue weighted by molar-refractivity contribution is -0.113. The zero-order valence-corrected chi connectivity index (χ0v) is 21.0. The van der Waals surface area contributed by atoms with E-state index in [9.17, 15) is 14.4 Å². The smallest absolute Gasteiger partial charge is 0.410 e. The van der Waals surface area contributed by atoms with Crippen molar-refractivity contribution in [1.82, 2.24) is 14.9 Å². The van der Waals surface area contributed by atoms with Gasteiger partial charge in [0.1, 0.15) is 29.9 Å². The second-order valence-corrected chi connectivity index (χ2v) is 9.46. The van der Waals surface area contributed by atoms with Crippen molar-refractivity contribution in [3.8, 4) is 11.9 Å². The summed E-state index contributed by atoms with van der Waals surface area (Å²) in [5, 5.41) is 12.2. The predicted octanol–water partition coefficient (Wildman–Crippen LogP) is 4.50. The van der Waals surface area contributed by atoms with Crippen LogP contribution in [0, 0.1) is 41.7 Å². The van der Waals surface area contributed by atoms with Gasteiger partial charge in [-0.2, -0.15) is 14.6 Å². The van der Waals surface area contributed by atoms with Crippen LogP contribution < -0.4 is 10.1 Å². The number of amides is 1. The maximum absolute atomic E-state index is 15.4. The van der Waals surface area contributed by atoms with Crippen LogP contribution in [0.25, 0.3) is 0 Å². The molecule has 1 amide bonds. The number of nitrogens with zero attached hydrogens (tertiary/aromatic N) is 4. The van der Waals surface area contributed by atoms with Gasteiger partial charge in [0.2, 0.25) is 5.82 Å². The minimum absolute atomic E-state index is 0.0436. The monoisotopic (exact) mass is 513 g/mol. The van der Waals surface area contributed by atoms with Crippen LogP contribution in [0.5, 0.6) is 5.88 Å². The molecule has 37 heavy (non-hydrogen) atoms. The summed E-state index contributed by atoms with van der Waals surface area (Å²) < 4.78 is 46.6. The van der Waals surface area contributed by atoms with Gasteiger partial charge in [-0.1, -0.05) is 13.5 Å². The molecule has 2 aliphatic rings. The lowest BCUT2D eigenvalue weighted by Gasteiger charge is -2.46. The molecule has 2 aromatic rings. The summed E-state index contributed by atoms with van der Waals surface area (Å²) in [6.07, 6.45) is 2.45. The van der Waals surface area contributed by atoms with Gasteiger partial charge >= 0.3 is 6.09 Å². The van der Waals surface area contributed by atoms with Crippen LogP contribution in [0.2, 0.25) is 0 Å². The molecule has 3 unspecified atom stereocenters. The third-order valence-corrected chi connectivity index (χ3v) is 6.98. The zero-order chi connectivity index (χ0) is 26.7. The van der Waals surface area contributed by atoms with E-state index in [0.29, 0.717) is 32.7 Å². The van der Waals surface area contributed by atoms with Gasteiger partial charge in [-0.25, -0.2) is 14.2 Å². The van der Waals surface area contributed by atoms with E-state index in [1.165, 1.54) is 19.1 Å². The maximum Gasteiger partial charge on any atom is 0.410 e. The Kier molecular flexibility index (Phi) is 7.59. The van der Waals surface area contributed by atoms with E-state index < -0.39 is 29.4 Å². The highest BCUT2D eigenvalue weighted by atomic mass is 19.1. The molecule has 0 aliphatic carbocycles. The molecule has 196 valence electrons. The molecular formula is C26H29F2N5O4. The van der Waals surface area contributed by atoms with Crippen LogP contribution in [0.15, 0.2) is 31.1 Å².